The van der Waals surface area contributed by atoms with Crippen molar-refractivity contribution in [1.82, 2.24) is 0 Å². The lowest BCUT2D eigenvalue weighted by atomic mass is 10.1. The van der Waals surface area contributed by atoms with Crippen LogP contribution in [0.3, 0.4) is 0 Å². The number of ether oxygens (including phenoxy) is 2. The molecule has 5 heteroatoms. The Labute approximate surface area is 85.2 Å². The zero-order chi connectivity index (χ0) is 11.2. The predicted molar refractivity (Wildman–Crippen MR) is 48.2 cm³/mol. The Kier molecular flexibility index (Phi) is 1.86. The first-order chi connectivity index (χ1) is 6.91. The average Bonchev–Trinajstić information content (AvgIpc) is 2.09. The molecule has 80 valence electrons. The topological polar surface area (TPSA) is 55.8 Å². The molecule has 0 aliphatic carbocycles. The molecule has 1 aromatic rings. The van der Waals surface area contributed by atoms with E-state index in [-0.39, 0.29) is 17.1 Å². The second-order valence-electron chi connectivity index (χ2n) is 3.66. The fraction of sp³-hybridized carbons (Fsp3) is 0.300. The molecule has 0 spiro atoms. The van der Waals surface area contributed by atoms with E-state index in [1.54, 1.807) is 0 Å². The first kappa shape index (κ1) is 9.76. The van der Waals surface area contributed by atoms with Gasteiger partial charge in [-0.15, -0.1) is 0 Å². The summed E-state index contributed by atoms with van der Waals surface area (Å²) < 4.78 is 23.3. The molecule has 1 heterocycles. The summed E-state index contributed by atoms with van der Waals surface area (Å²) in [7, 11) is 0. The van der Waals surface area contributed by atoms with Gasteiger partial charge in [0.1, 0.15) is 11.4 Å². The van der Waals surface area contributed by atoms with Crippen LogP contribution in [0.1, 0.15) is 24.2 Å². The third-order valence-electron chi connectivity index (χ3n) is 1.98. The van der Waals surface area contributed by atoms with Crippen LogP contribution < -0.4 is 4.74 Å². The summed E-state index contributed by atoms with van der Waals surface area (Å²) in [6, 6.07) is 2.11. The first-order valence-corrected chi connectivity index (χ1v) is 4.34. The monoisotopic (exact) mass is 212 g/mol. The third kappa shape index (κ3) is 1.49. The molecular weight excluding hydrogens is 203 g/mol. The van der Waals surface area contributed by atoms with Crippen LogP contribution in [-0.2, 0) is 4.74 Å². The minimum absolute atomic E-state index is 0.170. The second kappa shape index (κ2) is 2.85. The molecule has 0 unspecified atom stereocenters. The van der Waals surface area contributed by atoms with Crippen molar-refractivity contribution in [1.29, 1.82) is 0 Å². The summed E-state index contributed by atoms with van der Waals surface area (Å²) in [6.07, 6.45) is 0. The van der Waals surface area contributed by atoms with E-state index in [4.69, 9.17) is 9.47 Å². The van der Waals surface area contributed by atoms with E-state index in [9.17, 15) is 14.3 Å². The van der Waals surface area contributed by atoms with Crippen molar-refractivity contribution in [3.8, 4) is 11.5 Å². The minimum atomic E-state index is -1.20. The minimum Gasteiger partial charge on any atom is -0.504 e. The number of carbonyl (C=O) groups excluding carboxylic acids is 1. The van der Waals surface area contributed by atoms with Crippen LogP contribution in [-0.4, -0.2) is 16.9 Å². The summed E-state index contributed by atoms with van der Waals surface area (Å²) in [5.74, 6) is -3.26. The normalized spacial score (nSPS) is 17.7. The molecule has 1 N–H and O–H groups in total. The molecule has 0 radical (unpaired) electrons. The van der Waals surface area contributed by atoms with Crippen molar-refractivity contribution >= 4 is 5.97 Å². The highest BCUT2D eigenvalue weighted by atomic mass is 19.1. The molecule has 1 aromatic carbocycles. The number of hydrogen-bond donors (Lipinski definition) is 1. The molecule has 0 saturated carbocycles. The number of carbonyl (C=O) groups is 1. The maximum Gasteiger partial charge on any atom is 0.348 e. The van der Waals surface area contributed by atoms with Crippen LogP contribution in [0.25, 0.3) is 0 Å². The summed E-state index contributed by atoms with van der Waals surface area (Å²) in [6.45, 7) is 3.00. The first-order valence-electron chi connectivity index (χ1n) is 4.34. The lowest BCUT2D eigenvalue weighted by Gasteiger charge is -2.31. The van der Waals surface area contributed by atoms with Crippen LogP contribution in [0.2, 0.25) is 0 Å². The zero-order valence-electron chi connectivity index (χ0n) is 8.20. The van der Waals surface area contributed by atoms with Crippen molar-refractivity contribution in [2.24, 2.45) is 0 Å². The Morgan fingerprint density at radius 1 is 1.33 bits per heavy atom. The van der Waals surface area contributed by atoms with E-state index in [2.05, 4.69) is 0 Å². The largest absolute Gasteiger partial charge is 0.504 e. The molecule has 15 heavy (non-hydrogen) atoms. The number of aromatic hydroxyl groups is 1. The van der Waals surface area contributed by atoms with Crippen LogP contribution in [0.4, 0.5) is 4.39 Å². The Balaban J connectivity index is 2.64. The molecule has 2 rings (SSSR count). The number of fused-ring (bicyclic) bond motifs is 1. The standard InChI is InChI=1S/C10H9FO4/c1-10(2)14-8-6(12)4-3-5(11)7(8)9(13)15-10/h3-4,12H,1-2H3. The number of benzene rings is 1. The Hall–Kier alpha value is -1.78. The molecule has 0 aromatic heterocycles. The highest BCUT2D eigenvalue weighted by molar-refractivity contribution is 5.95. The number of rotatable bonds is 0. The van der Waals surface area contributed by atoms with Gasteiger partial charge in [0.05, 0.1) is 0 Å². The lowest BCUT2D eigenvalue weighted by Crippen LogP contribution is -2.39. The number of phenols is 1. The zero-order valence-corrected chi connectivity index (χ0v) is 8.20. The van der Waals surface area contributed by atoms with E-state index in [0.29, 0.717) is 0 Å². The number of halogens is 1. The Morgan fingerprint density at radius 2 is 2.00 bits per heavy atom. The quantitative estimate of drug-likeness (QED) is 0.666. The van der Waals surface area contributed by atoms with Gasteiger partial charge < -0.3 is 14.6 Å². The van der Waals surface area contributed by atoms with Gasteiger partial charge in [0, 0.05) is 13.8 Å². The van der Waals surface area contributed by atoms with Gasteiger partial charge in [-0.3, -0.25) is 0 Å². The summed E-state index contributed by atoms with van der Waals surface area (Å²) in [4.78, 5) is 11.4. The lowest BCUT2D eigenvalue weighted by molar-refractivity contribution is -0.128. The van der Waals surface area contributed by atoms with E-state index < -0.39 is 17.6 Å². The van der Waals surface area contributed by atoms with E-state index in [1.165, 1.54) is 13.8 Å². The van der Waals surface area contributed by atoms with E-state index in [0.717, 1.165) is 12.1 Å². The Morgan fingerprint density at radius 3 is 2.67 bits per heavy atom. The third-order valence-corrected chi connectivity index (χ3v) is 1.98. The SMILES string of the molecule is CC1(C)OC(=O)c2c(F)ccc(O)c2O1. The number of cyclic esters (lactones) is 1. The maximum atomic E-state index is 13.3. The molecule has 0 saturated heterocycles. The van der Waals surface area contributed by atoms with Crippen LogP contribution in [0.15, 0.2) is 12.1 Å². The molecular formula is C10H9FO4. The van der Waals surface area contributed by atoms with Crippen molar-refractivity contribution in [2.45, 2.75) is 19.6 Å². The van der Waals surface area contributed by atoms with Gasteiger partial charge >= 0.3 is 5.97 Å². The number of hydrogen-bond acceptors (Lipinski definition) is 4. The molecule has 0 amide bonds. The summed E-state index contributed by atoms with van der Waals surface area (Å²) in [5.41, 5.74) is -0.366. The summed E-state index contributed by atoms with van der Waals surface area (Å²) >= 11 is 0. The highest BCUT2D eigenvalue weighted by Crippen LogP contribution is 2.39. The number of phenolic OH excluding ortho intramolecular Hbond substituents is 1. The smallest absolute Gasteiger partial charge is 0.348 e. The Bertz CT molecular complexity index is 439. The van der Waals surface area contributed by atoms with Gasteiger partial charge in [-0.2, -0.15) is 0 Å². The van der Waals surface area contributed by atoms with Gasteiger partial charge in [0.15, 0.2) is 11.5 Å². The highest BCUT2D eigenvalue weighted by Gasteiger charge is 2.37. The maximum absolute atomic E-state index is 13.3. The fourth-order valence-electron chi connectivity index (χ4n) is 1.38. The van der Waals surface area contributed by atoms with Gasteiger partial charge in [-0.1, -0.05) is 0 Å². The van der Waals surface area contributed by atoms with E-state index >= 15 is 0 Å². The second-order valence-corrected chi connectivity index (χ2v) is 3.66. The predicted octanol–water partition coefficient (Wildman–Crippen LogP) is 1.82. The molecule has 0 atom stereocenters. The van der Waals surface area contributed by atoms with Gasteiger partial charge in [-0.25, -0.2) is 9.18 Å². The van der Waals surface area contributed by atoms with Crippen molar-refractivity contribution < 1.29 is 23.8 Å². The summed E-state index contributed by atoms with van der Waals surface area (Å²) in [5, 5.41) is 9.43. The van der Waals surface area contributed by atoms with E-state index in [1.807, 2.05) is 0 Å². The fourth-order valence-corrected chi connectivity index (χ4v) is 1.38. The molecule has 1 aliphatic heterocycles. The van der Waals surface area contributed by atoms with Crippen LogP contribution in [0.5, 0.6) is 11.5 Å². The molecule has 1 aliphatic rings. The van der Waals surface area contributed by atoms with Gasteiger partial charge in [-0.05, 0) is 12.1 Å². The van der Waals surface area contributed by atoms with Crippen molar-refractivity contribution in [2.75, 3.05) is 0 Å². The van der Waals surface area contributed by atoms with Gasteiger partial charge in [0.25, 0.3) is 0 Å². The molecule has 4 nitrogen and oxygen atoms in total. The van der Waals surface area contributed by atoms with Crippen LogP contribution in [0, 0.1) is 5.82 Å². The molecule has 0 bridgehead atoms. The van der Waals surface area contributed by atoms with Crippen LogP contribution >= 0.6 is 0 Å². The number of esters is 1. The van der Waals surface area contributed by atoms with Crippen molar-refractivity contribution in [3.05, 3.63) is 23.5 Å². The van der Waals surface area contributed by atoms with Crippen molar-refractivity contribution in [3.63, 3.8) is 0 Å². The van der Waals surface area contributed by atoms with Gasteiger partial charge in [0.2, 0.25) is 5.79 Å². The molecule has 0 fully saturated rings. The average molecular weight is 212 g/mol.